The maximum atomic E-state index is 5.91. The molecule has 1 saturated carbocycles. The van der Waals surface area contributed by atoms with Crippen molar-refractivity contribution in [2.45, 2.75) is 38.6 Å². The molecule has 0 aliphatic heterocycles. The first-order valence-corrected chi connectivity index (χ1v) is 6.46. The van der Waals surface area contributed by atoms with Gasteiger partial charge in [-0.2, -0.15) is 4.98 Å². The van der Waals surface area contributed by atoms with Gasteiger partial charge in [-0.15, -0.1) is 0 Å². The van der Waals surface area contributed by atoms with Gasteiger partial charge in [-0.3, -0.25) is 0 Å². The lowest BCUT2D eigenvalue weighted by molar-refractivity contribution is 0.335. The largest absolute Gasteiger partial charge is 0.394 e. The van der Waals surface area contributed by atoms with E-state index < -0.39 is 0 Å². The van der Waals surface area contributed by atoms with Crippen molar-refractivity contribution < 1.29 is 0 Å². The summed E-state index contributed by atoms with van der Waals surface area (Å²) < 4.78 is 0. The van der Waals surface area contributed by atoms with Crippen LogP contribution < -0.4 is 10.6 Å². The number of nitrogen functional groups attached to an aromatic ring is 1. The summed E-state index contributed by atoms with van der Waals surface area (Å²) in [7, 11) is 2.04. The molecule has 1 aromatic heterocycles. The monoisotopic (exact) mass is 254 g/mol. The van der Waals surface area contributed by atoms with E-state index in [4.69, 9.17) is 17.3 Å². The van der Waals surface area contributed by atoms with Gasteiger partial charge in [0.15, 0.2) is 5.82 Å². The van der Waals surface area contributed by atoms with E-state index in [0.29, 0.717) is 11.7 Å². The van der Waals surface area contributed by atoms with Crippen LogP contribution in [0.5, 0.6) is 0 Å². The van der Waals surface area contributed by atoms with E-state index >= 15 is 0 Å². The van der Waals surface area contributed by atoms with Crippen LogP contribution in [0.2, 0.25) is 5.28 Å². The van der Waals surface area contributed by atoms with Crippen molar-refractivity contribution >= 4 is 23.1 Å². The van der Waals surface area contributed by atoms with Gasteiger partial charge in [-0.25, -0.2) is 4.98 Å². The Labute approximate surface area is 107 Å². The molecule has 0 aromatic carbocycles. The Morgan fingerprint density at radius 3 is 2.94 bits per heavy atom. The molecule has 2 N–H and O–H groups in total. The lowest BCUT2D eigenvalue weighted by Gasteiger charge is -2.35. The summed E-state index contributed by atoms with van der Waals surface area (Å²) in [6, 6.07) is 0.506. The molecule has 2 rings (SSSR count). The Kier molecular flexibility index (Phi) is 3.72. The number of hydrogen-bond donors (Lipinski definition) is 1. The molecular weight excluding hydrogens is 236 g/mol. The average Bonchev–Trinajstić information content (AvgIpc) is 2.31. The van der Waals surface area contributed by atoms with Crippen LogP contribution >= 0.6 is 11.6 Å². The molecule has 1 fully saturated rings. The molecule has 5 heteroatoms. The summed E-state index contributed by atoms with van der Waals surface area (Å²) in [6.45, 7) is 2.30. The topological polar surface area (TPSA) is 55.0 Å². The summed E-state index contributed by atoms with van der Waals surface area (Å²) in [5, 5.41) is 0.255. The highest BCUT2D eigenvalue weighted by Crippen LogP contribution is 2.31. The quantitative estimate of drug-likeness (QED) is 0.825. The molecule has 1 heterocycles. The van der Waals surface area contributed by atoms with Crippen LogP contribution in [0, 0.1) is 5.92 Å². The molecule has 17 heavy (non-hydrogen) atoms. The van der Waals surface area contributed by atoms with Gasteiger partial charge < -0.3 is 10.6 Å². The molecular formula is C12H19ClN4. The summed E-state index contributed by atoms with van der Waals surface area (Å²) in [5.74, 6) is 1.53. The van der Waals surface area contributed by atoms with Gasteiger partial charge in [0.1, 0.15) is 0 Å². The predicted octanol–water partition coefficient (Wildman–Crippen LogP) is 2.73. The standard InChI is InChI=1S/C12H19ClN4/c1-8-4-3-5-9(6-8)17(2)11-10(14)7-15-12(13)16-11/h7-9H,3-6,14H2,1-2H3. The van der Waals surface area contributed by atoms with Gasteiger partial charge in [0, 0.05) is 13.1 Å². The van der Waals surface area contributed by atoms with Crippen LogP contribution in [0.25, 0.3) is 0 Å². The molecule has 1 aliphatic rings. The van der Waals surface area contributed by atoms with E-state index in [1.54, 1.807) is 6.20 Å². The van der Waals surface area contributed by atoms with Crippen molar-refractivity contribution in [2.75, 3.05) is 17.7 Å². The zero-order valence-electron chi connectivity index (χ0n) is 10.4. The summed E-state index contributed by atoms with van der Waals surface area (Å²) >= 11 is 5.82. The van der Waals surface area contributed by atoms with Crippen molar-refractivity contribution in [2.24, 2.45) is 5.92 Å². The Bertz CT molecular complexity index is 396. The van der Waals surface area contributed by atoms with Gasteiger partial charge in [-0.1, -0.05) is 19.8 Å². The van der Waals surface area contributed by atoms with Crippen molar-refractivity contribution in [3.63, 3.8) is 0 Å². The fraction of sp³-hybridized carbons (Fsp3) is 0.667. The Morgan fingerprint density at radius 2 is 2.24 bits per heavy atom. The third-order valence-electron chi connectivity index (χ3n) is 3.56. The SMILES string of the molecule is CC1CCCC(N(C)c2nc(Cl)ncc2N)C1. The highest BCUT2D eigenvalue weighted by Gasteiger charge is 2.24. The molecule has 0 radical (unpaired) electrons. The summed E-state index contributed by atoms with van der Waals surface area (Å²) in [4.78, 5) is 10.3. The number of rotatable bonds is 2. The Balaban J connectivity index is 2.18. The fourth-order valence-corrected chi connectivity index (χ4v) is 2.70. The van der Waals surface area contributed by atoms with Crippen LogP contribution in [0.1, 0.15) is 32.6 Å². The first-order chi connectivity index (χ1) is 8.08. The molecule has 4 nitrogen and oxygen atoms in total. The molecule has 1 aliphatic carbocycles. The molecule has 0 spiro atoms. The molecule has 94 valence electrons. The Hall–Kier alpha value is -1.03. The average molecular weight is 255 g/mol. The molecule has 1 aromatic rings. The van der Waals surface area contributed by atoms with E-state index in [1.165, 1.54) is 25.7 Å². The normalized spacial score (nSPS) is 24.6. The smallest absolute Gasteiger partial charge is 0.224 e. The number of halogens is 1. The minimum absolute atomic E-state index is 0.255. The van der Waals surface area contributed by atoms with E-state index in [1.807, 2.05) is 7.05 Å². The van der Waals surface area contributed by atoms with E-state index in [0.717, 1.165) is 11.7 Å². The third kappa shape index (κ3) is 2.80. The molecule has 0 saturated heterocycles. The van der Waals surface area contributed by atoms with Crippen molar-refractivity contribution in [1.82, 2.24) is 9.97 Å². The second-order valence-corrected chi connectivity index (χ2v) is 5.29. The first kappa shape index (κ1) is 12.4. The van der Waals surface area contributed by atoms with Crippen LogP contribution in [0.4, 0.5) is 11.5 Å². The number of nitrogens with zero attached hydrogens (tertiary/aromatic N) is 3. The van der Waals surface area contributed by atoms with Crippen LogP contribution in [-0.2, 0) is 0 Å². The van der Waals surface area contributed by atoms with Crippen molar-refractivity contribution in [1.29, 1.82) is 0 Å². The zero-order valence-corrected chi connectivity index (χ0v) is 11.1. The third-order valence-corrected chi connectivity index (χ3v) is 3.74. The van der Waals surface area contributed by atoms with Gasteiger partial charge in [0.05, 0.1) is 11.9 Å². The lowest BCUT2D eigenvalue weighted by atomic mass is 9.86. The molecule has 0 amide bonds. The lowest BCUT2D eigenvalue weighted by Crippen LogP contribution is -2.36. The van der Waals surface area contributed by atoms with E-state index in [2.05, 4.69) is 21.8 Å². The fourth-order valence-electron chi connectivity index (χ4n) is 2.57. The molecule has 2 unspecified atom stereocenters. The maximum absolute atomic E-state index is 5.91. The number of anilines is 2. The zero-order chi connectivity index (χ0) is 12.4. The van der Waals surface area contributed by atoms with Crippen LogP contribution in [-0.4, -0.2) is 23.1 Å². The van der Waals surface area contributed by atoms with Crippen molar-refractivity contribution in [3.05, 3.63) is 11.5 Å². The summed E-state index contributed by atoms with van der Waals surface area (Å²) in [5.41, 5.74) is 6.50. The first-order valence-electron chi connectivity index (χ1n) is 6.08. The van der Waals surface area contributed by atoms with Gasteiger partial charge in [-0.05, 0) is 30.4 Å². The number of hydrogen-bond acceptors (Lipinski definition) is 4. The van der Waals surface area contributed by atoms with Crippen molar-refractivity contribution in [3.8, 4) is 0 Å². The van der Waals surface area contributed by atoms with Gasteiger partial charge in [0.2, 0.25) is 5.28 Å². The van der Waals surface area contributed by atoms with Gasteiger partial charge in [0.25, 0.3) is 0 Å². The maximum Gasteiger partial charge on any atom is 0.224 e. The summed E-state index contributed by atoms with van der Waals surface area (Å²) in [6.07, 6.45) is 6.56. The highest BCUT2D eigenvalue weighted by atomic mass is 35.5. The highest BCUT2D eigenvalue weighted by molar-refractivity contribution is 6.28. The Morgan fingerprint density at radius 1 is 1.47 bits per heavy atom. The number of nitrogens with two attached hydrogens (primary N) is 1. The molecule has 0 bridgehead atoms. The predicted molar refractivity (Wildman–Crippen MR) is 71.3 cm³/mol. The minimum atomic E-state index is 0.255. The minimum Gasteiger partial charge on any atom is -0.394 e. The number of aromatic nitrogens is 2. The van der Waals surface area contributed by atoms with Crippen LogP contribution in [0.3, 0.4) is 0 Å². The van der Waals surface area contributed by atoms with E-state index in [9.17, 15) is 0 Å². The molecule has 2 atom stereocenters. The van der Waals surface area contributed by atoms with E-state index in [-0.39, 0.29) is 5.28 Å². The second kappa shape index (κ2) is 5.08. The second-order valence-electron chi connectivity index (χ2n) is 4.95. The van der Waals surface area contributed by atoms with Crippen LogP contribution in [0.15, 0.2) is 6.20 Å². The van der Waals surface area contributed by atoms with Gasteiger partial charge >= 0.3 is 0 Å².